The van der Waals surface area contributed by atoms with E-state index >= 15 is 0 Å². The number of hydrogen-bond donors (Lipinski definition) is 1. The van der Waals surface area contributed by atoms with E-state index in [1.165, 1.54) is 0 Å². The predicted octanol–water partition coefficient (Wildman–Crippen LogP) is 1.05. The Morgan fingerprint density at radius 3 is 2.90 bits per heavy atom. The second kappa shape index (κ2) is 5.32. The zero-order chi connectivity index (χ0) is 13.9. The topological polar surface area (TPSA) is 77.0 Å². The fraction of sp³-hybridized carbons (Fsp3) is 0.357. The first kappa shape index (κ1) is 12.7. The Morgan fingerprint density at radius 1 is 1.45 bits per heavy atom. The van der Waals surface area contributed by atoms with Gasteiger partial charge in [0.15, 0.2) is 0 Å². The normalized spacial score (nSPS) is 14.2. The maximum absolute atomic E-state index is 12.4. The van der Waals surface area contributed by atoms with Gasteiger partial charge in [-0.3, -0.25) is 14.5 Å². The third-order valence-corrected chi connectivity index (χ3v) is 3.32. The van der Waals surface area contributed by atoms with E-state index in [-0.39, 0.29) is 12.5 Å². The number of carbonyl (C=O) groups is 1. The minimum absolute atomic E-state index is 0.0567. The standard InChI is InChI=1S/C14H17N5O/c15-11-7-17-18(8-11)10-14(20)19(13-4-5-13)9-12-3-1-2-6-16-12/h1-3,6-8,13H,4-5,9-10,15H2. The largest absolute Gasteiger partial charge is 0.396 e. The van der Waals surface area contributed by atoms with Gasteiger partial charge in [-0.15, -0.1) is 0 Å². The summed E-state index contributed by atoms with van der Waals surface area (Å²) in [5.74, 6) is 0.0567. The smallest absolute Gasteiger partial charge is 0.244 e. The van der Waals surface area contributed by atoms with Crippen LogP contribution in [0.1, 0.15) is 18.5 Å². The highest BCUT2D eigenvalue weighted by Crippen LogP contribution is 2.28. The number of anilines is 1. The molecule has 2 heterocycles. The molecule has 1 aliphatic rings. The second-order valence-corrected chi connectivity index (χ2v) is 5.05. The highest BCUT2D eigenvalue weighted by molar-refractivity contribution is 5.76. The van der Waals surface area contributed by atoms with Crippen molar-refractivity contribution in [3.8, 4) is 0 Å². The van der Waals surface area contributed by atoms with Gasteiger partial charge in [0.25, 0.3) is 0 Å². The monoisotopic (exact) mass is 271 g/mol. The highest BCUT2D eigenvalue weighted by Gasteiger charge is 2.32. The molecule has 1 saturated carbocycles. The summed E-state index contributed by atoms with van der Waals surface area (Å²) in [6.07, 6.45) is 7.11. The van der Waals surface area contributed by atoms with Crippen LogP contribution >= 0.6 is 0 Å². The number of nitrogens with zero attached hydrogens (tertiary/aromatic N) is 4. The number of aromatic nitrogens is 3. The molecule has 0 aromatic carbocycles. The van der Waals surface area contributed by atoms with Crippen molar-refractivity contribution in [2.45, 2.75) is 32.0 Å². The molecule has 0 radical (unpaired) electrons. The number of hydrogen-bond acceptors (Lipinski definition) is 4. The van der Waals surface area contributed by atoms with E-state index in [2.05, 4.69) is 10.1 Å². The molecule has 20 heavy (non-hydrogen) atoms. The van der Waals surface area contributed by atoms with E-state index in [1.54, 1.807) is 23.3 Å². The van der Waals surface area contributed by atoms with Crippen LogP contribution in [0.15, 0.2) is 36.8 Å². The molecule has 0 spiro atoms. The van der Waals surface area contributed by atoms with E-state index in [4.69, 9.17) is 5.73 Å². The van der Waals surface area contributed by atoms with Gasteiger partial charge in [-0.2, -0.15) is 5.10 Å². The zero-order valence-electron chi connectivity index (χ0n) is 11.1. The van der Waals surface area contributed by atoms with Gasteiger partial charge in [-0.05, 0) is 25.0 Å². The predicted molar refractivity (Wildman–Crippen MR) is 74.4 cm³/mol. The third kappa shape index (κ3) is 2.96. The van der Waals surface area contributed by atoms with Crippen molar-refractivity contribution in [3.05, 3.63) is 42.5 Å². The highest BCUT2D eigenvalue weighted by atomic mass is 16.2. The Balaban J connectivity index is 1.69. The molecule has 1 amide bonds. The second-order valence-electron chi connectivity index (χ2n) is 5.05. The van der Waals surface area contributed by atoms with Gasteiger partial charge in [0.1, 0.15) is 6.54 Å². The molecule has 3 rings (SSSR count). The fourth-order valence-corrected chi connectivity index (χ4v) is 2.17. The lowest BCUT2D eigenvalue weighted by molar-refractivity contribution is -0.133. The molecular formula is C14H17N5O. The van der Waals surface area contributed by atoms with Crippen LogP contribution < -0.4 is 5.73 Å². The van der Waals surface area contributed by atoms with Crippen LogP contribution in [0, 0.1) is 0 Å². The average molecular weight is 271 g/mol. The molecule has 1 aliphatic carbocycles. The van der Waals surface area contributed by atoms with Crippen molar-refractivity contribution in [3.63, 3.8) is 0 Å². The maximum Gasteiger partial charge on any atom is 0.244 e. The van der Waals surface area contributed by atoms with Crippen LogP contribution in [-0.2, 0) is 17.9 Å². The van der Waals surface area contributed by atoms with Gasteiger partial charge in [0.2, 0.25) is 5.91 Å². The number of nitrogens with two attached hydrogens (primary N) is 1. The third-order valence-electron chi connectivity index (χ3n) is 3.32. The van der Waals surface area contributed by atoms with Crippen molar-refractivity contribution in [2.75, 3.05) is 5.73 Å². The summed E-state index contributed by atoms with van der Waals surface area (Å²) in [6, 6.07) is 6.09. The first-order chi connectivity index (χ1) is 9.72. The van der Waals surface area contributed by atoms with E-state index in [1.807, 2.05) is 23.1 Å². The van der Waals surface area contributed by atoms with Gasteiger partial charge in [0, 0.05) is 18.4 Å². The molecule has 6 heteroatoms. The van der Waals surface area contributed by atoms with E-state index in [0.29, 0.717) is 18.3 Å². The Kier molecular flexibility index (Phi) is 3.37. The van der Waals surface area contributed by atoms with Gasteiger partial charge in [-0.1, -0.05) is 6.07 Å². The summed E-state index contributed by atoms with van der Waals surface area (Å²) in [5.41, 5.74) is 7.09. The van der Waals surface area contributed by atoms with Crippen LogP contribution in [0.25, 0.3) is 0 Å². The van der Waals surface area contributed by atoms with E-state index in [0.717, 1.165) is 18.5 Å². The summed E-state index contributed by atoms with van der Waals surface area (Å²) >= 11 is 0. The molecule has 0 atom stereocenters. The van der Waals surface area contributed by atoms with Gasteiger partial charge in [-0.25, -0.2) is 0 Å². The lowest BCUT2D eigenvalue weighted by atomic mass is 10.3. The molecule has 0 unspecified atom stereocenters. The van der Waals surface area contributed by atoms with E-state index < -0.39 is 0 Å². The fourth-order valence-electron chi connectivity index (χ4n) is 2.17. The Bertz CT molecular complexity index is 591. The van der Waals surface area contributed by atoms with Crippen LogP contribution in [0.3, 0.4) is 0 Å². The Hall–Kier alpha value is -2.37. The molecule has 104 valence electrons. The lowest BCUT2D eigenvalue weighted by Gasteiger charge is -2.22. The summed E-state index contributed by atoms with van der Waals surface area (Å²) in [6.45, 7) is 0.779. The molecule has 6 nitrogen and oxygen atoms in total. The maximum atomic E-state index is 12.4. The van der Waals surface area contributed by atoms with Gasteiger partial charge >= 0.3 is 0 Å². The molecular weight excluding hydrogens is 254 g/mol. The number of nitrogen functional groups attached to an aromatic ring is 1. The van der Waals surface area contributed by atoms with Crippen molar-refractivity contribution < 1.29 is 4.79 Å². The van der Waals surface area contributed by atoms with Gasteiger partial charge in [0.05, 0.1) is 24.1 Å². The molecule has 2 N–H and O–H groups in total. The summed E-state index contributed by atoms with van der Waals surface area (Å²) in [7, 11) is 0. The van der Waals surface area contributed by atoms with Crippen molar-refractivity contribution in [1.29, 1.82) is 0 Å². The number of carbonyl (C=O) groups excluding carboxylic acids is 1. The van der Waals surface area contributed by atoms with Crippen molar-refractivity contribution in [2.24, 2.45) is 0 Å². The van der Waals surface area contributed by atoms with Gasteiger partial charge < -0.3 is 10.6 Å². The van der Waals surface area contributed by atoms with Crippen molar-refractivity contribution >= 4 is 11.6 Å². The molecule has 0 saturated heterocycles. The quantitative estimate of drug-likeness (QED) is 0.881. The summed E-state index contributed by atoms with van der Waals surface area (Å²) in [5, 5.41) is 4.05. The number of pyridine rings is 1. The summed E-state index contributed by atoms with van der Waals surface area (Å²) in [4.78, 5) is 18.6. The minimum atomic E-state index is 0.0567. The van der Waals surface area contributed by atoms with Crippen molar-refractivity contribution in [1.82, 2.24) is 19.7 Å². The van der Waals surface area contributed by atoms with E-state index in [9.17, 15) is 4.79 Å². The molecule has 0 aliphatic heterocycles. The minimum Gasteiger partial charge on any atom is -0.396 e. The van der Waals surface area contributed by atoms with Crippen LogP contribution in [0.2, 0.25) is 0 Å². The Labute approximate surface area is 117 Å². The zero-order valence-corrected chi connectivity index (χ0v) is 11.1. The van der Waals surface area contributed by atoms with Crippen LogP contribution in [-0.4, -0.2) is 31.6 Å². The molecule has 2 aromatic rings. The molecule has 1 fully saturated rings. The molecule has 0 bridgehead atoms. The number of rotatable bonds is 5. The lowest BCUT2D eigenvalue weighted by Crippen LogP contribution is -2.35. The first-order valence-corrected chi connectivity index (χ1v) is 6.69. The average Bonchev–Trinajstić information content (AvgIpc) is 3.21. The van der Waals surface area contributed by atoms with Crippen LogP contribution in [0.5, 0.6) is 0 Å². The summed E-state index contributed by atoms with van der Waals surface area (Å²) < 4.78 is 1.57. The van der Waals surface area contributed by atoms with Crippen LogP contribution in [0.4, 0.5) is 5.69 Å². The number of amides is 1. The Morgan fingerprint density at radius 2 is 2.30 bits per heavy atom. The molecule has 2 aromatic heterocycles. The first-order valence-electron chi connectivity index (χ1n) is 6.69. The SMILES string of the molecule is Nc1cnn(CC(=O)N(Cc2ccccn2)C2CC2)c1.